The second-order valence-electron chi connectivity index (χ2n) is 5.57. The number of methoxy groups -OCH3 is 2. The van der Waals surface area contributed by atoms with Crippen molar-refractivity contribution in [2.24, 2.45) is 0 Å². The molecular weight excluding hydrogens is 354 g/mol. The van der Waals surface area contributed by atoms with Crippen LogP contribution < -0.4 is 20.5 Å². The van der Waals surface area contributed by atoms with Gasteiger partial charge in [0.25, 0.3) is 0 Å². The first-order valence-electron chi connectivity index (χ1n) is 8.08. The van der Waals surface area contributed by atoms with Crippen LogP contribution in [0, 0.1) is 0 Å². The van der Waals surface area contributed by atoms with Crippen LogP contribution in [-0.4, -0.2) is 36.2 Å². The maximum Gasteiger partial charge on any atom is 0.220 e. The number of rotatable bonds is 5. The van der Waals surface area contributed by atoms with E-state index in [1.54, 1.807) is 33.5 Å². The molecule has 0 atom stereocenters. The molecule has 0 amide bonds. The zero-order valence-electron chi connectivity index (χ0n) is 15.1. The van der Waals surface area contributed by atoms with Crippen LogP contribution in [0.3, 0.4) is 0 Å². The zero-order chi connectivity index (χ0) is 18.8. The minimum atomic E-state index is 0.193. The summed E-state index contributed by atoms with van der Waals surface area (Å²) in [5.74, 6) is 2.01. The SMILES string of the molecule is CCc1c(OC)cc(OC)c(Cl)c1-c1cc2cnc(N)nc2c(NC)n1. The molecular formula is C18H20ClN5O2. The number of nitrogen functional groups attached to an aromatic ring is 1. The lowest BCUT2D eigenvalue weighted by atomic mass is 9.99. The van der Waals surface area contributed by atoms with Crippen LogP contribution in [-0.2, 0) is 6.42 Å². The van der Waals surface area contributed by atoms with Gasteiger partial charge in [0.2, 0.25) is 5.95 Å². The Kier molecular flexibility index (Phi) is 4.99. The predicted octanol–water partition coefficient (Wildman–Crippen LogP) is 3.55. The van der Waals surface area contributed by atoms with Crippen molar-refractivity contribution in [2.75, 3.05) is 32.3 Å². The Morgan fingerprint density at radius 1 is 1.15 bits per heavy atom. The molecule has 2 aromatic heterocycles. The number of hydrogen-bond acceptors (Lipinski definition) is 7. The highest BCUT2D eigenvalue weighted by Gasteiger charge is 2.21. The number of nitrogens with zero attached hydrogens (tertiary/aromatic N) is 3. The summed E-state index contributed by atoms with van der Waals surface area (Å²) in [6.07, 6.45) is 2.38. The molecule has 3 rings (SSSR count). The van der Waals surface area contributed by atoms with Crippen LogP contribution in [0.2, 0.25) is 5.02 Å². The summed E-state index contributed by atoms with van der Waals surface area (Å²) in [6, 6.07) is 3.67. The summed E-state index contributed by atoms with van der Waals surface area (Å²) in [5.41, 5.74) is 8.74. The molecule has 3 N–H and O–H groups in total. The first-order chi connectivity index (χ1) is 12.5. The van der Waals surface area contributed by atoms with Gasteiger partial charge in [-0.15, -0.1) is 0 Å². The normalized spacial score (nSPS) is 10.8. The quantitative estimate of drug-likeness (QED) is 0.706. The van der Waals surface area contributed by atoms with E-state index in [9.17, 15) is 0 Å². The van der Waals surface area contributed by atoms with Gasteiger partial charge in [-0.25, -0.2) is 15.0 Å². The number of anilines is 2. The molecule has 0 aliphatic heterocycles. The number of aromatic nitrogens is 3. The smallest absolute Gasteiger partial charge is 0.220 e. The van der Waals surface area contributed by atoms with Crippen molar-refractivity contribution in [3.63, 3.8) is 0 Å². The first-order valence-corrected chi connectivity index (χ1v) is 8.46. The number of nitrogens with one attached hydrogen (secondary N) is 1. The Hall–Kier alpha value is -2.80. The monoisotopic (exact) mass is 373 g/mol. The summed E-state index contributed by atoms with van der Waals surface area (Å²) >= 11 is 6.64. The molecule has 8 heteroatoms. The van der Waals surface area contributed by atoms with E-state index in [1.165, 1.54) is 0 Å². The predicted molar refractivity (Wildman–Crippen MR) is 104 cm³/mol. The molecule has 0 unspecified atom stereocenters. The maximum atomic E-state index is 6.64. The van der Waals surface area contributed by atoms with Crippen molar-refractivity contribution >= 4 is 34.3 Å². The third-order valence-corrected chi connectivity index (χ3v) is 4.54. The van der Waals surface area contributed by atoms with Crippen LogP contribution in [0.4, 0.5) is 11.8 Å². The lowest BCUT2D eigenvalue weighted by Crippen LogP contribution is -2.03. The third kappa shape index (κ3) is 2.94. The van der Waals surface area contributed by atoms with Gasteiger partial charge in [0, 0.05) is 35.8 Å². The molecule has 7 nitrogen and oxygen atoms in total. The fourth-order valence-electron chi connectivity index (χ4n) is 2.95. The van der Waals surface area contributed by atoms with Crippen molar-refractivity contribution in [3.8, 4) is 22.8 Å². The van der Waals surface area contributed by atoms with Crippen LogP contribution in [0.15, 0.2) is 18.3 Å². The van der Waals surface area contributed by atoms with Crippen molar-refractivity contribution in [1.82, 2.24) is 15.0 Å². The van der Waals surface area contributed by atoms with Crippen molar-refractivity contribution in [3.05, 3.63) is 28.9 Å². The highest BCUT2D eigenvalue weighted by Crippen LogP contribution is 2.43. The highest BCUT2D eigenvalue weighted by molar-refractivity contribution is 6.35. The first kappa shape index (κ1) is 18.0. The van der Waals surface area contributed by atoms with E-state index in [0.29, 0.717) is 33.6 Å². The van der Waals surface area contributed by atoms with E-state index in [0.717, 1.165) is 22.9 Å². The fourth-order valence-corrected chi connectivity index (χ4v) is 3.30. The summed E-state index contributed by atoms with van der Waals surface area (Å²) in [5, 5.41) is 4.34. The summed E-state index contributed by atoms with van der Waals surface area (Å²) < 4.78 is 10.9. The van der Waals surface area contributed by atoms with Crippen LogP contribution in [0.5, 0.6) is 11.5 Å². The Bertz CT molecular complexity index is 978. The van der Waals surface area contributed by atoms with Gasteiger partial charge < -0.3 is 20.5 Å². The number of ether oxygens (including phenoxy) is 2. The molecule has 0 fully saturated rings. The summed E-state index contributed by atoms with van der Waals surface area (Å²) in [6.45, 7) is 2.04. The maximum absolute atomic E-state index is 6.64. The van der Waals surface area contributed by atoms with Crippen LogP contribution >= 0.6 is 11.6 Å². The molecule has 0 saturated carbocycles. The summed E-state index contributed by atoms with van der Waals surface area (Å²) in [4.78, 5) is 13.1. The van der Waals surface area contributed by atoms with Crippen molar-refractivity contribution in [1.29, 1.82) is 0 Å². The van der Waals surface area contributed by atoms with E-state index in [-0.39, 0.29) is 5.95 Å². The molecule has 0 aliphatic carbocycles. The van der Waals surface area contributed by atoms with Gasteiger partial charge in [0.15, 0.2) is 5.82 Å². The van der Waals surface area contributed by atoms with E-state index in [4.69, 9.17) is 31.8 Å². The Labute approximate surface area is 156 Å². The Morgan fingerprint density at radius 2 is 1.88 bits per heavy atom. The molecule has 0 bridgehead atoms. The largest absolute Gasteiger partial charge is 0.496 e. The number of hydrogen-bond donors (Lipinski definition) is 2. The molecule has 0 saturated heterocycles. The van der Waals surface area contributed by atoms with Crippen molar-refractivity contribution < 1.29 is 9.47 Å². The molecule has 0 aliphatic rings. The summed E-state index contributed by atoms with van der Waals surface area (Å²) in [7, 11) is 4.97. The van der Waals surface area contributed by atoms with Gasteiger partial charge in [-0.1, -0.05) is 18.5 Å². The lowest BCUT2D eigenvalue weighted by Gasteiger charge is -2.18. The minimum Gasteiger partial charge on any atom is -0.496 e. The van der Waals surface area contributed by atoms with Gasteiger partial charge in [0.05, 0.1) is 24.9 Å². The number of benzene rings is 1. The third-order valence-electron chi connectivity index (χ3n) is 4.17. The number of halogens is 1. The van der Waals surface area contributed by atoms with Gasteiger partial charge >= 0.3 is 0 Å². The number of fused-ring (bicyclic) bond motifs is 1. The van der Waals surface area contributed by atoms with Gasteiger partial charge in [-0.2, -0.15) is 0 Å². The second-order valence-corrected chi connectivity index (χ2v) is 5.95. The van der Waals surface area contributed by atoms with Gasteiger partial charge in [-0.3, -0.25) is 0 Å². The molecule has 3 aromatic rings. The molecule has 0 spiro atoms. The molecule has 1 aromatic carbocycles. The lowest BCUT2D eigenvalue weighted by molar-refractivity contribution is 0.392. The van der Waals surface area contributed by atoms with Crippen LogP contribution in [0.25, 0.3) is 22.2 Å². The average molecular weight is 374 g/mol. The van der Waals surface area contributed by atoms with Crippen LogP contribution in [0.1, 0.15) is 12.5 Å². The van der Waals surface area contributed by atoms with E-state index >= 15 is 0 Å². The van der Waals surface area contributed by atoms with E-state index < -0.39 is 0 Å². The minimum absolute atomic E-state index is 0.193. The topological polar surface area (TPSA) is 95.2 Å². The number of pyridine rings is 1. The van der Waals surface area contributed by atoms with E-state index in [1.807, 2.05) is 13.0 Å². The Morgan fingerprint density at radius 3 is 2.50 bits per heavy atom. The standard InChI is InChI=1S/C18H20ClN5O2/c1-5-10-12(25-3)7-13(26-4)15(19)14(10)11-6-9-8-22-18(20)24-16(9)17(21-2)23-11/h6-8H,5H2,1-4H3,(H,21,23)(H2,20,22,24). The van der Waals surface area contributed by atoms with Crippen molar-refractivity contribution in [2.45, 2.75) is 13.3 Å². The van der Waals surface area contributed by atoms with E-state index in [2.05, 4.69) is 15.3 Å². The highest BCUT2D eigenvalue weighted by atomic mass is 35.5. The molecule has 0 radical (unpaired) electrons. The molecule has 2 heterocycles. The van der Waals surface area contributed by atoms with Gasteiger partial charge in [-0.05, 0) is 12.5 Å². The fraction of sp³-hybridized carbons (Fsp3) is 0.278. The number of nitrogens with two attached hydrogens (primary N) is 1. The molecule has 136 valence electrons. The average Bonchev–Trinajstić information content (AvgIpc) is 2.66. The second kappa shape index (κ2) is 7.21. The Balaban J connectivity index is 2.37. The zero-order valence-corrected chi connectivity index (χ0v) is 15.8. The van der Waals surface area contributed by atoms with Gasteiger partial charge in [0.1, 0.15) is 17.0 Å². The molecule has 26 heavy (non-hydrogen) atoms.